The minimum Gasteiger partial charge on any atom is -0.485 e. The van der Waals surface area contributed by atoms with E-state index in [1.54, 1.807) is 62.4 Å². The van der Waals surface area contributed by atoms with Crippen LogP contribution < -0.4 is 47.2 Å². The molecule has 0 spiro atoms. The number of hydrogen-bond donors (Lipinski definition) is 1. The molecule has 0 aliphatic rings. The average Bonchev–Trinajstić information content (AvgIpc) is 3.30. The summed E-state index contributed by atoms with van der Waals surface area (Å²) >= 11 is 6.22. The SMILES string of the molecule is Cc1cc(=O)n(-c2cc(Oc3ccccc3OCc3ccccc3)c(Cl)cc2F)c(=O)n1C.Cc1cc(=O)n(-c2cc(Oc3ccccc3OCc3ccccc3)c(N)cc2F)c(=O)n1C. The van der Waals surface area contributed by atoms with Gasteiger partial charge in [0, 0.05) is 55.8 Å². The molecule has 0 saturated carbocycles. The van der Waals surface area contributed by atoms with Crippen LogP contribution in [-0.4, -0.2) is 18.3 Å². The lowest BCUT2D eigenvalue weighted by molar-refractivity contribution is 0.291. The molecule has 0 fully saturated rings. The van der Waals surface area contributed by atoms with E-state index in [0.717, 1.165) is 32.4 Å². The fourth-order valence-electron chi connectivity index (χ4n) is 6.51. The van der Waals surface area contributed by atoms with Crippen LogP contribution in [0.3, 0.4) is 0 Å². The van der Waals surface area contributed by atoms with Crippen molar-refractivity contribution in [1.29, 1.82) is 0 Å². The van der Waals surface area contributed by atoms with Gasteiger partial charge >= 0.3 is 11.4 Å². The fraction of sp³-hybridized carbons (Fsp3) is 0.120. The Hall–Kier alpha value is -8.17. The predicted octanol–water partition coefficient (Wildman–Crippen LogP) is 8.95. The molecule has 2 N–H and O–H groups in total. The second kappa shape index (κ2) is 20.1. The number of anilines is 1. The van der Waals surface area contributed by atoms with Gasteiger partial charge in [0.05, 0.1) is 22.1 Å². The number of nitrogens with two attached hydrogens (primary N) is 1. The first kappa shape index (κ1) is 45.8. The second-order valence-electron chi connectivity index (χ2n) is 14.8. The van der Waals surface area contributed by atoms with Crippen molar-refractivity contribution in [3.8, 4) is 45.9 Å². The summed E-state index contributed by atoms with van der Waals surface area (Å²) in [6.45, 7) is 3.87. The Morgan fingerprint density at radius 3 is 1.33 bits per heavy atom. The molecule has 336 valence electrons. The number of ether oxygens (including phenoxy) is 4. The standard InChI is InChI=1S/C25H20ClFN2O4.C25H22FN3O4/c1-16-12-24(30)29(25(31)28(16)2)20-14-23(18(26)13-19(20)27)33-22-11-7-6-10-21(22)32-15-17-8-4-3-5-9-17;1-16-12-24(30)29(25(31)28(16)2)20-14-23(19(27)13-18(20)26)33-22-11-7-6-10-21(22)32-15-17-8-4-3-5-9-17/h3-14H,15H2,1-2H3;3-14H,15,27H2,1-2H3. The fourth-order valence-corrected chi connectivity index (χ4v) is 6.70. The van der Waals surface area contributed by atoms with Gasteiger partial charge in [0.2, 0.25) is 0 Å². The normalized spacial score (nSPS) is 10.8. The summed E-state index contributed by atoms with van der Waals surface area (Å²) in [5.41, 5.74) is 5.66. The van der Waals surface area contributed by atoms with E-state index < -0.39 is 34.1 Å². The molecule has 0 atom stereocenters. The van der Waals surface area contributed by atoms with E-state index in [1.165, 1.54) is 47.5 Å². The quantitative estimate of drug-likeness (QED) is 0.119. The van der Waals surface area contributed by atoms with Gasteiger partial charge in [0.25, 0.3) is 11.1 Å². The molecule has 0 saturated heterocycles. The van der Waals surface area contributed by atoms with Crippen molar-refractivity contribution >= 4 is 17.3 Å². The summed E-state index contributed by atoms with van der Waals surface area (Å²) in [6.07, 6.45) is 0. The van der Waals surface area contributed by atoms with Crippen LogP contribution in [-0.2, 0) is 27.3 Å². The Kier molecular flexibility index (Phi) is 14.0. The highest BCUT2D eigenvalue weighted by Gasteiger charge is 2.20. The minimum absolute atomic E-state index is 0.00565. The van der Waals surface area contributed by atoms with Crippen LogP contribution in [0.5, 0.6) is 34.5 Å². The number of halogens is 3. The van der Waals surface area contributed by atoms with Crippen molar-refractivity contribution < 1.29 is 27.7 Å². The van der Waals surface area contributed by atoms with Gasteiger partial charge in [-0.1, -0.05) is 96.5 Å². The molecule has 66 heavy (non-hydrogen) atoms. The maximum atomic E-state index is 14.8. The summed E-state index contributed by atoms with van der Waals surface area (Å²) in [6, 6.07) is 40.2. The Morgan fingerprint density at radius 1 is 0.500 bits per heavy atom. The molecule has 16 heteroatoms. The Balaban J connectivity index is 0.000000196. The number of nitrogen functional groups attached to an aromatic ring is 1. The third-order valence-electron chi connectivity index (χ3n) is 10.3. The molecular weight excluding hydrogens is 872 g/mol. The molecule has 13 nitrogen and oxygen atoms in total. The molecule has 2 aromatic heterocycles. The summed E-state index contributed by atoms with van der Waals surface area (Å²) < 4.78 is 57.2. The molecule has 2 heterocycles. The van der Waals surface area contributed by atoms with Gasteiger partial charge in [-0.15, -0.1) is 0 Å². The van der Waals surface area contributed by atoms with E-state index in [0.29, 0.717) is 47.6 Å². The van der Waals surface area contributed by atoms with Gasteiger partial charge in [-0.2, -0.15) is 0 Å². The third kappa shape index (κ3) is 10.3. The number of nitrogens with zero attached hydrogens (tertiary/aromatic N) is 4. The van der Waals surface area contributed by atoms with Crippen LogP contribution >= 0.6 is 11.6 Å². The smallest absolute Gasteiger partial charge is 0.335 e. The third-order valence-corrected chi connectivity index (χ3v) is 10.6. The molecule has 0 amide bonds. The lowest BCUT2D eigenvalue weighted by Gasteiger charge is -2.16. The van der Waals surface area contributed by atoms with Gasteiger partial charge in [-0.05, 0) is 55.3 Å². The van der Waals surface area contributed by atoms with E-state index in [1.807, 2.05) is 60.7 Å². The topological polar surface area (TPSA) is 151 Å². The molecular formula is C50H42ClF2N5O8. The molecule has 0 aliphatic heterocycles. The van der Waals surface area contributed by atoms with Crippen LogP contribution in [0.4, 0.5) is 14.5 Å². The van der Waals surface area contributed by atoms with Crippen LogP contribution in [0.2, 0.25) is 5.02 Å². The van der Waals surface area contributed by atoms with Crippen molar-refractivity contribution in [3.63, 3.8) is 0 Å². The maximum absolute atomic E-state index is 14.8. The highest BCUT2D eigenvalue weighted by atomic mass is 35.5. The van der Waals surface area contributed by atoms with Crippen LogP contribution in [0.25, 0.3) is 11.4 Å². The van der Waals surface area contributed by atoms with Crippen molar-refractivity contribution in [3.05, 3.63) is 226 Å². The molecule has 0 bridgehead atoms. The zero-order valence-corrected chi connectivity index (χ0v) is 36.8. The van der Waals surface area contributed by atoms with Gasteiger partial charge in [0.15, 0.2) is 28.7 Å². The van der Waals surface area contributed by atoms with Crippen molar-refractivity contribution in [2.45, 2.75) is 27.1 Å². The predicted molar refractivity (Wildman–Crippen MR) is 248 cm³/mol. The van der Waals surface area contributed by atoms with Crippen molar-refractivity contribution in [2.24, 2.45) is 14.1 Å². The molecule has 0 aliphatic carbocycles. The highest BCUT2D eigenvalue weighted by molar-refractivity contribution is 6.32. The van der Waals surface area contributed by atoms with Gasteiger partial charge < -0.3 is 33.8 Å². The molecule has 8 rings (SSSR count). The van der Waals surface area contributed by atoms with E-state index in [9.17, 15) is 28.0 Å². The minimum atomic E-state index is -0.830. The van der Waals surface area contributed by atoms with Crippen molar-refractivity contribution in [1.82, 2.24) is 18.3 Å². The largest absolute Gasteiger partial charge is 0.485 e. The number of para-hydroxylation sites is 4. The first-order valence-corrected chi connectivity index (χ1v) is 20.6. The first-order valence-electron chi connectivity index (χ1n) is 20.3. The monoisotopic (exact) mass is 913 g/mol. The lowest BCUT2D eigenvalue weighted by Crippen LogP contribution is -2.38. The maximum Gasteiger partial charge on any atom is 0.335 e. The number of rotatable bonds is 12. The molecule has 8 aromatic rings. The van der Waals surface area contributed by atoms with E-state index >= 15 is 0 Å². The zero-order chi connectivity index (χ0) is 47.1. The molecule has 0 unspecified atom stereocenters. The molecule has 0 radical (unpaired) electrons. The van der Waals surface area contributed by atoms with Gasteiger partial charge in [-0.3, -0.25) is 9.59 Å². The first-order chi connectivity index (χ1) is 31.7. The van der Waals surface area contributed by atoms with Crippen LogP contribution in [0, 0.1) is 25.5 Å². The summed E-state index contributed by atoms with van der Waals surface area (Å²) in [4.78, 5) is 50.3. The highest BCUT2D eigenvalue weighted by Crippen LogP contribution is 2.38. The van der Waals surface area contributed by atoms with Gasteiger partial charge in [-0.25, -0.2) is 27.5 Å². The van der Waals surface area contributed by atoms with Crippen LogP contribution in [0.1, 0.15) is 22.5 Å². The Labute approximate surface area is 381 Å². The van der Waals surface area contributed by atoms with Crippen molar-refractivity contribution in [2.75, 3.05) is 5.73 Å². The number of aryl methyl sites for hydroxylation is 2. The Bertz CT molecular complexity index is 3080. The summed E-state index contributed by atoms with van der Waals surface area (Å²) in [5, 5.41) is -0.0221. The lowest BCUT2D eigenvalue weighted by atomic mass is 10.2. The number of hydrogen-bond acceptors (Lipinski definition) is 9. The summed E-state index contributed by atoms with van der Waals surface area (Å²) in [7, 11) is 3.00. The van der Waals surface area contributed by atoms with E-state index in [4.69, 9.17) is 36.3 Å². The Morgan fingerprint density at radius 2 is 0.879 bits per heavy atom. The zero-order valence-electron chi connectivity index (χ0n) is 36.0. The summed E-state index contributed by atoms with van der Waals surface area (Å²) in [5.74, 6) is 0.0937. The second-order valence-corrected chi connectivity index (χ2v) is 15.2. The average molecular weight is 914 g/mol. The molecule has 6 aromatic carbocycles. The van der Waals surface area contributed by atoms with Crippen LogP contribution in [0.15, 0.2) is 165 Å². The number of benzene rings is 6. The number of aromatic nitrogens is 4. The van der Waals surface area contributed by atoms with E-state index in [2.05, 4.69) is 0 Å². The van der Waals surface area contributed by atoms with E-state index in [-0.39, 0.29) is 33.6 Å². The van der Waals surface area contributed by atoms with Gasteiger partial charge in [0.1, 0.15) is 30.6 Å².